The van der Waals surface area contributed by atoms with Crippen molar-refractivity contribution in [3.8, 4) is 0 Å². The van der Waals surface area contributed by atoms with E-state index in [0.717, 1.165) is 48.6 Å². The van der Waals surface area contributed by atoms with Crippen molar-refractivity contribution in [2.24, 2.45) is 0 Å². The highest BCUT2D eigenvalue weighted by atomic mass is 16.2. The second-order valence-corrected chi connectivity index (χ2v) is 6.10. The van der Waals surface area contributed by atoms with Crippen LogP contribution in [0.25, 0.3) is 11.0 Å². The van der Waals surface area contributed by atoms with Crippen LogP contribution in [0.3, 0.4) is 0 Å². The molecule has 1 fully saturated rings. The van der Waals surface area contributed by atoms with Crippen LogP contribution in [0.1, 0.15) is 35.9 Å². The molecule has 1 saturated heterocycles. The molecule has 1 aromatic carbocycles. The van der Waals surface area contributed by atoms with Gasteiger partial charge in [0.25, 0.3) is 5.91 Å². The molecule has 0 saturated carbocycles. The monoisotopic (exact) mass is 286 g/mol. The molecule has 0 bridgehead atoms. The molecular weight excluding hydrogens is 264 g/mol. The van der Waals surface area contributed by atoms with Crippen LogP contribution in [0.5, 0.6) is 0 Å². The molecule has 1 amide bonds. The van der Waals surface area contributed by atoms with Crippen molar-refractivity contribution < 1.29 is 4.79 Å². The first-order chi connectivity index (χ1) is 10.0. The van der Waals surface area contributed by atoms with Gasteiger partial charge in [0.15, 0.2) is 0 Å². The Labute approximate surface area is 125 Å². The molecule has 1 aromatic heterocycles. The second-order valence-electron chi connectivity index (χ2n) is 6.10. The smallest absolute Gasteiger partial charge is 0.254 e. The van der Waals surface area contributed by atoms with Gasteiger partial charge in [0.2, 0.25) is 0 Å². The van der Waals surface area contributed by atoms with Gasteiger partial charge in [-0.05, 0) is 25.2 Å². The highest BCUT2D eigenvalue weighted by molar-refractivity contribution is 5.97. The van der Waals surface area contributed by atoms with Gasteiger partial charge in [0.1, 0.15) is 5.82 Å². The average Bonchev–Trinajstić information content (AvgIpc) is 2.90. The predicted octanol–water partition coefficient (Wildman–Crippen LogP) is 2.07. The Morgan fingerprint density at radius 2 is 1.95 bits per heavy atom. The summed E-state index contributed by atoms with van der Waals surface area (Å²) in [6.07, 6.45) is 0. The third-order valence-electron chi connectivity index (χ3n) is 4.08. The molecular formula is C16H22N4O. The number of likely N-dealkylation sites (N-methyl/N-ethyl adjacent to an activating group) is 1. The van der Waals surface area contributed by atoms with Gasteiger partial charge in [-0.15, -0.1) is 0 Å². The molecule has 2 aromatic rings. The summed E-state index contributed by atoms with van der Waals surface area (Å²) in [5.74, 6) is 1.44. The fraction of sp³-hybridized carbons (Fsp3) is 0.500. The third-order valence-corrected chi connectivity index (χ3v) is 4.08. The molecule has 21 heavy (non-hydrogen) atoms. The minimum Gasteiger partial charge on any atom is -0.342 e. The number of benzene rings is 1. The molecule has 5 nitrogen and oxygen atoms in total. The Morgan fingerprint density at radius 1 is 1.24 bits per heavy atom. The maximum absolute atomic E-state index is 12.6. The van der Waals surface area contributed by atoms with Crippen molar-refractivity contribution in [3.63, 3.8) is 0 Å². The molecule has 0 aliphatic carbocycles. The predicted molar refractivity (Wildman–Crippen MR) is 83.6 cm³/mol. The van der Waals surface area contributed by atoms with Crippen molar-refractivity contribution >= 4 is 16.9 Å². The number of hydrogen-bond donors (Lipinski definition) is 1. The Kier molecular flexibility index (Phi) is 3.68. The molecule has 3 rings (SSSR count). The second kappa shape index (κ2) is 5.48. The molecule has 112 valence electrons. The number of rotatable bonds is 2. The van der Waals surface area contributed by atoms with Gasteiger partial charge in [-0.2, -0.15) is 0 Å². The van der Waals surface area contributed by atoms with Gasteiger partial charge < -0.3 is 14.8 Å². The molecule has 1 aliphatic rings. The van der Waals surface area contributed by atoms with Crippen LogP contribution in [0.15, 0.2) is 18.2 Å². The average molecular weight is 286 g/mol. The summed E-state index contributed by atoms with van der Waals surface area (Å²) in [6, 6.07) is 5.74. The first-order valence-corrected chi connectivity index (χ1v) is 7.52. The number of carbonyl (C=O) groups excluding carboxylic acids is 1. The Bertz CT molecular complexity index is 653. The number of aromatic amines is 1. The standard InChI is InChI=1S/C16H22N4O/c1-11(2)15-17-13-5-4-12(10-14(13)18-15)16(21)20-8-6-19(3)7-9-20/h4-5,10-11H,6-9H2,1-3H3,(H,17,18). The van der Waals surface area contributed by atoms with Gasteiger partial charge in [0, 0.05) is 37.7 Å². The van der Waals surface area contributed by atoms with Crippen molar-refractivity contribution in [3.05, 3.63) is 29.6 Å². The van der Waals surface area contributed by atoms with Crippen molar-refractivity contribution in [1.29, 1.82) is 0 Å². The summed E-state index contributed by atoms with van der Waals surface area (Å²) in [7, 11) is 2.09. The molecule has 0 unspecified atom stereocenters. The number of piperazine rings is 1. The minimum absolute atomic E-state index is 0.116. The lowest BCUT2D eigenvalue weighted by Gasteiger charge is -2.32. The molecule has 0 radical (unpaired) electrons. The zero-order valence-corrected chi connectivity index (χ0v) is 12.9. The third kappa shape index (κ3) is 2.78. The number of fused-ring (bicyclic) bond motifs is 1. The summed E-state index contributed by atoms with van der Waals surface area (Å²) in [6.45, 7) is 7.69. The zero-order valence-electron chi connectivity index (χ0n) is 12.9. The topological polar surface area (TPSA) is 52.2 Å². The molecule has 2 heterocycles. The Balaban J connectivity index is 1.84. The van der Waals surface area contributed by atoms with Crippen LogP contribution in [0, 0.1) is 0 Å². The van der Waals surface area contributed by atoms with E-state index in [1.54, 1.807) is 0 Å². The van der Waals surface area contributed by atoms with Crippen LogP contribution >= 0.6 is 0 Å². The number of imidazole rings is 1. The molecule has 5 heteroatoms. The summed E-state index contributed by atoms with van der Waals surface area (Å²) >= 11 is 0. The number of nitrogens with one attached hydrogen (secondary N) is 1. The van der Waals surface area contributed by atoms with E-state index in [-0.39, 0.29) is 5.91 Å². The van der Waals surface area contributed by atoms with Crippen molar-refractivity contribution in [2.75, 3.05) is 33.2 Å². The lowest BCUT2D eigenvalue weighted by molar-refractivity contribution is 0.0664. The van der Waals surface area contributed by atoms with E-state index in [0.29, 0.717) is 5.92 Å². The van der Waals surface area contributed by atoms with Crippen molar-refractivity contribution in [2.45, 2.75) is 19.8 Å². The Hall–Kier alpha value is -1.88. The van der Waals surface area contributed by atoms with E-state index in [1.165, 1.54) is 0 Å². The maximum Gasteiger partial charge on any atom is 0.254 e. The largest absolute Gasteiger partial charge is 0.342 e. The molecule has 0 spiro atoms. The Morgan fingerprint density at radius 3 is 2.62 bits per heavy atom. The zero-order chi connectivity index (χ0) is 15.0. The van der Waals surface area contributed by atoms with E-state index in [2.05, 4.69) is 35.8 Å². The van der Waals surface area contributed by atoms with Crippen LogP contribution in [-0.2, 0) is 0 Å². The lowest BCUT2D eigenvalue weighted by Crippen LogP contribution is -2.47. The summed E-state index contributed by atoms with van der Waals surface area (Å²) in [5, 5.41) is 0. The fourth-order valence-corrected chi connectivity index (χ4v) is 2.63. The molecule has 1 aliphatic heterocycles. The normalized spacial score (nSPS) is 16.9. The molecule has 1 N–H and O–H groups in total. The van der Waals surface area contributed by atoms with E-state index >= 15 is 0 Å². The lowest BCUT2D eigenvalue weighted by atomic mass is 10.1. The van der Waals surface area contributed by atoms with Gasteiger partial charge in [-0.1, -0.05) is 13.8 Å². The summed E-state index contributed by atoms with van der Waals surface area (Å²) in [4.78, 5) is 24.6. The van der Waals surface area contributed by atoms with Gasteiger partial charge >= 0.3 is 0 Å². The first kappa shape index (κ1) is 14.1. The fourth-order valence-electron chi connectivity index (χ4n) is 2.63. The summed E-state index contributed by atoms with van der Waals surface area (Å²) < 4.78 is 0. The van der Waals surface area contributed by atoms with E-state index in [9.17, 15) is 4.79 Å². The number of amides is 1. The van der Waals surface area contributed by atoms with E-state index < -0.39 is 0 Å². The van der Waals surface area contributed by atoms with E-state index in [4.69, 9.17) is 0 Å². The van der Waals surface area contributed by atoms with Gasteiger partial charge in [-0.3, -0.25) is 4.79 Å². The van der Waals surface area contributed by atoms with Crippen LogP contribution in [0.4, 0.5) is 0 Å². The van der Waals surface area contributed by atoms with Crippen LogP contribution in [0.2, 0.25) is 0 Å². The van der Waals surface area contributed by atoms with Gasteiger partial charge in [0.05, 0.1) is 11.0 Å². The highest BCUT2D eigenvalue weighted by Gasteiger charge is 2.20. The first-order valence-electron chi connectivity index (χ1n) is 7.52. The van der Waals surface area contributed by atoms with Gasteiger partial charge in [-0.25, -0.2) is 4.98 Å². The number of nitrogens with zero attached hydrogens (tertiary/aromatic N) is 3. The number of H-pyrrole nitrogens is 1. The van der Waals surface area contributed by atoms with Crippen LogP contribution in [-0.4, -0.2) is 58.9 Å². The minimum atomic E-state index is 0.116. The molecule has 0 atom stereocenters. The quantitative estimate of drug-likeness (QED) is 0.919. The van der Waals surface area contributed by atoms with Crippen LogP contribution < -0.4 is 0 Å². The number of carbonyl (C=O) groups is 1. The highest BCUT2D eigenvalue weighted by Crippen LogP contribution is 2.19. The van der Waals surface area contributed by atoms with E-state index in [1.807, 2.05) is 23.1 Å². The maximum atomic E-state index is 12.6. The number of hydrogen-bond acceptors (Lipinski definition) is 3. The summed E-state index contributed by atoms with van der Waals surface area (Å²) in [5.41, 5.74) is 2.61. The van der Waals surface area contributed by atoms with Crippen molar-refractivity contribution in [1.82, 2.24) is 19.8 Å². The number of aromatic nitrogens is 2. The SMILES string of the molecule is CC(C)c1nc2ccc(C(=O)N3CCN(C)CC3)cc2[nH]1.